The molecule has 0 fully saturated rings. The average Bonchev–Trinajstić information content (AvgIpc) is 2.13. The zero-order valence-corrected chi connectivity index (χ0v) is 9.49. The van der Waals surface area contributed by atoms with Gasteiger partial charge in [-0.2, -0.15) is 0 Å². The van der Waals surface area contributed by atoms with Crippen molar-refractivity contribution in [2.75, 3.05) is 6.61 Å². The summed E-state index contributed by atoms with van der Waals surface area (Å²) in [7, 11) is 0. The second-order valence-corrected chi connectivity index (χ2v) is 4.00. The summed E-state index contributed by atoms with van der Waals surface area (Å²) in [6, 6.07) is 0. The topological polar surface area (TPSA) is 63.6 Å². The molecule has 0 aliphatic carbocycles. The van der Waals surface area contributed by atoms with Crippen LogP contribution in [0.1, 0.15) is 46.0 Å². The molecule has 0 atom stereocenters. The minimum atomic E-state index is -0.966. The molecule has 0 aromatic heterocycles. The highest BCUT2D eigenvalue weighted by Gasteiger charge is 2.05. The molecule has 4 nitrogen and oxygen atoms in total. The van der Waals surface area contributed by atoms with Crippen molar-refractivity contribution in [1.29, 1.82) is 0 Å². The first kappa shape index (κ1) is 13.9. The van der Waals surface area contributed by atoms with Crippen molar-refractivity contribution in [1.82, 2.24) is 0 Å². The summed E-state index contributed by atoms with van der Waals surface area (Å²) in [5.74, 6) is -0.707. The second kappa shape index (κ2) is 8.26. The smallest absolute Gasteiger partial charge is 0.306 e. The van der Waals surface area contributed by atoms with Crippen molar-refractivity contribution in [3.63, 3.8) is 0 Å². The molecule has 0 heterocycles. The Kier molecular flexibility index (Phi) is 7.68. The maximum absolute atomic E-state index is 11.0. The molecule has 88 valence electrons. The minimum Gasteiger partial charge on any atom is -0.481 e. The molecular formula is C11H20O4. The van der Waals surface area contributed by atoms with Gasteiger partial charge in [-0.1, -0.05) is 20.3 Å². The minimum absolute atomic E-state index is 0.0283. The van der Waals surface area contributed by atoms with Crippen LogP contribution in [0.3, 0.4) is 0 Å². The molecule has 0 spiro atoms. The van der Waals surface area contributed by atoms with Gasteiger partial charge in [0, 0.05) is 0 Å². The van der Waals surface area contributed by atoms with E-state index in [4.69, 9.17) is 9.84 Å². The molecule has 0 saturated heterocycles. The van der Waals surface area contributed by atoms with Gasteiger partial charge in [-0.25, -0.2) is 0 Å². The normalized spacial score (nSPS) is 10.3. The number of aliphatic carboxylic acids is 1. The number of carbonyl (C=O) groups is 2. The molecule has 0 bridgehead atoms. The predicted molar refractivity (Wildman–Crippen MR) is 56.5 cm³/mol. The Bertz CT molecular complexity index is 199. The lowest BCUT2D eigenvalue weighted by atomic mass is 10.1. The number of carboxylic acid groups (broad SMARTS) is 1. The van der Waals surface area contributed by atoms with Crippen molar-refractivity contribution in [2.45, 2.75) is 46.0 Å². The number of esters is 1. The van der Waals surface area contributed by atoms with Crippen molar-refractivity contribution < 1.29 is 19.4 Å². The van der Waals surface area contributed by atoms with E-state index in [9.17, 15) is 9.59 Å². The number of carbonyl (C=O) groups excluding carboxylic acids is 1. The van der Waals surface area contributed by atoms with Crippen LogP contribution >= 0.6 is 0 Å². The van der Waals surface area contributed by atoms with E-state index in [1.54, 1.807) is 0 Å². The van der Waals surface area contributed by atoms with Gasteiger partial charge in [-0.3, -0.25) is 9.59 Å². The molecule has 15 heavy (non-hydrogen) atoms. The summed E-state index contributed by atoms with van der Waals surface area (Å²) in [6.45, 7) is 4.71. The van der Waals surface area contributed by atoms with Crippen LogP contribution in [0.25, 0.3) is 0 Å². The van der Waals surface area contributed by atoms with Crippen LogP contribution in [0.4, 0.5) is 0 Å². The standard InChI is InChI=1S/C11H20O4/c1-9(2)5-3-4-8-15-11(14)7-6-10(12)13/h9H,3-8H2,1-2H3,(H,12,13). The van der Waals surface area contributed by atoms with E-state index in [-0.39, 0.29) is 12.8 Å². The first-order chi connectivity index (χ1) is 7.02. The first-order valence-corrected chi connectivity index (χ1v) is 5.39. The number of ether oxygens (including phenoxy) is 1. The summed E-state index contributed by atoms with van der Waals surface area (Å²) < 4.78 is 4.87. The molecule has 0 aliphatic heterocycles. The largest absolute Gasteiger partial charge is 0.481 e. The van der Waals surface area contributed by atoms with Gasteiger partial charge in [0.25, 0.3) is 0 Å². The monoisotopic (exact) mass is 216 g/mol. The number of hydrogen-bond acceptors (Lipinski definition) is 3. The Morgan fingerprint density at radius 2 is 1.87 bits per heavy atom. The van der Waals surface area contributed by atoms with Crippen molar-refractivity contribution in [2.24, 2.45) is 5.92 Å². The third kappa shape index (κ3) is 10.9. The fraction of sp³-hybridized carbons (Fsp3) is 0.818. The highest BCUT2D eigenvalue weighted by molar-refractivity contribution is 5.76. The Morgan fingerprint density at radius 1 is 1.20 bits per heavy atom. The molecule has 0 unspecified atom stereocenters. The second-order valence-electron chi connectivity index (χ2n) is 4.00. The van der Waals surface area contributed by atoms with Crippen LogP contribution < -0.4 is 0 Å². The van der Waals surface area contributed by atoms with E-state index in [1.807, 2.05) is 0 Å². The molecule has 0 radical (unpaired) electrons. The number of rotatable bonds is 8. The molecular weight excluding hydrogens is 196 g/mol. The first-order valence-electron chi connectivity index (χ1n) is 5.39. The molecule has 0 amide bonds. The van der Waals surface area contributed by atoms with Crippen LogP contribution in [0.15, 0.2) is 0 Å². The molecule has 4 heteroatoms. The number of carboxylic acids is 1. The maximum atomic E-state index is 11.0. The Hall–Kier alpha value is -1.06. The lowest BCUT2D eigenvalue weighted by molar-refractivity contribution is -0.147. The molecule has 1 N–H and O–H groups in total. The third-order valence-corrected chi connectivity index (χ3v) is 1.98. The van der Waals surface area contributed by atoms with Gasteiger partial charge < -0.3 is 9.84 Å². The van der Waals surface area contributed by atoms with Crippen LogP contribution in [0.5, 0.6) is 0 Å². The molecule has 0 aromatic rings. The van der Waals surface area contributed by atoms with Gasteiger partial charge >= 0.3 is 11.9 Å². The fourth-order valence-corrected chi connectivity index (χ4v) is 1.12. The molecule has 0 aromatic carbocycles. The van der Waals surface area contributed by atoms with Gasteiger partial charge in [0.2, 0.25) is 0 Å². The van der Waals surface area contributed by atoms with E-state index in [2.05, 4.69) is 13.8 Å². The molecule has 0 saturated carbocycles. The van der Waals surface area contributed by atoms with E-state index in [0.717, 1.165) is 19.3 Å². The van der Waals surface area contributed by atoms with Gasteiger partial charge in [0.15, 0.2) is 0 Å². The molecule has 0 aliphatic rings. The third-order valence-electron chi connectivity index (χ3n) is 1.98. The SMILES string of the molecule is CC(C)CCCCOC(=O)CCC(=O)O. The van der Waals surface area contributed by atoms with E-state index in [1.165, 1.54) is 0 Å². The van der Waals surface area contributed by atoms with E-state index >= 15 is 0 Å². The van der Waals surface area contributed by atoms with Crippen molar-refractivity contribution in [3.05, 3.63) is 0 Å². The maximum Gasteiger partial charge on any atom is 0.306 e. The summed E-state index contributed by atoms with van der Waals surface area (Å²) in [5.41, 5.74) is 0. The van der Waals surface area contributed by atoms with Gasteiger partial charge in [-0.15, -0.1) is 0 Å². The summed E-state index contributed by atoms with van der Waals surface area (Å²) in [5, 5.41) is 8.33. The van der Waals surface area contributed by atoms with Crippen molar-refractivity contribution >= 4 is 11.9 Å². The highest BCUT2D eigenvalue weighted by atomic mass is 16.5. The van der Waals surface area contributed by atoms with Crippen LogP contribution in [-0.2, 0) is 14.3 Å². The Balaban J connectivity index is 3.28. The number of hydrogen-bond donors (Lipinski definition) is 1. The fourth-order valence-electron chi connectivity index (χ4n) is 1.12. The summed E-state index contributed by atoms with van der Waals surface area (Å²) in [4.78, 5) is 21.1. The van der Waals surface area contributed by atoms with Crippen LogP contribution in [0.2, 0.25) is 0 Å². The predicted octanol–water partition coefficient (Wildman–Crippen LogP) is 2.22. The van der Waals surface area contributed by atoms with E-state index < -0.39 is 11.9 Å². The van der Waals surface area contributed by atoms with Gasteiger partial charge in [-0.05, 0) is 18.8 Å². The zero-order chi connectivity index (χ0) is 11.7. The average molecular weight is 216 g/mol. The summed E-state index contributed by atoms with van der Waals surface area (Å²) >= 11 is 0. The van der Waals surface area contributed by atoms with Gasteiger partial charge in [0.05, 0.1) is 19.4 Å². The Labute approximate surface area is 90.6 Å². The van der Waals surface area contributed by atoms with Crippen molar-refractivity contribution in [3.8, 4) is 0 Å². The van der Waals surface area contributed by atoms with Gasteiger partial charge in [0.1, 0.15) is 0 Å². The number of unbranched alkanes of at least 4 members (excludes halogenated alkanes) is 1. The lowest BCUT2D eigenvalue weighted by Gasteiger charge is -2.05. The van der Waals surface area contributed by atoms with E-state index in [0.29, 0.717) is 12.5 Å². The highest BCUT2D eigenvalue weighted by Crippen LogP contribution is 2.06. The summed E-state index contributed by atoms with van der Waals surface area (Å²) in [6.07, 6.45) is 2.86. The lowest BCUT2D eigenvalue weighted by Crippen LogP contribution is -2.08. The van der Waals surface area contributed by atoms with Crippen LogP contribution in [-0.4, -0.2) is 23.7 Å². The van der Waals surface area contributed by atoms with Crippen LogP contribution in [0, 0.1) is 5.92 Å². The zero-order valence-electron chi connectivity index (χ0n) is 9.49. The quantitative estimate of drug-likeness (QED) is 0.499. The molecule has 0 rings (SSSR count). The Morgan fingerprint density at radius 3 is 2.40 bits per heavy atom.